The van der Waals surface area contributed by atoms with Crippen LogP contribution in [0.15, 0.2) is 23.1 Å². The van der Waals surface area contributed by atoms with Crippen LogP contribution >= 0.6 is 0 Å². The molecule has 1 saturated heterocycles. The summed E-state index contributed by atoms with van der Waals surface area (Å²) in [7, 11) is -3.62. The van der Waals surface area contributed by atoms with Gasteiger partial charge in [-0.2, -0.15) is 4.31 Å². The van der Waals surface area contributed by atoms with Crippen LogP contribution in [0.25, 0.3) is 0 Å². The first kappa shape index (κ1) is 14.8. The minimum atomic E-state index is -3.62. The number of benzene rings is 1. The molecule has 2 rings (SSSR count). The zero-order valence-electron chi connectivity index (χ0n) is 11.6. The molecule has 6 nitrogen and oxygen atoms in total. The van der Waals surface area contributed by atoms with Crippen molar-refractivity contribution in [1.82, 2.24) is 4.31 Å². The molecule has 110 valence electrons. The molecular weight excluding hydrogens is 278 g/mol. The summed E-state index contributed by atoms with van der Waals surface area (Å²) in [5, 5.41) is 0. The second-order valence-corrected chi connectivity index (χ2v) is 7.44. The average molecular weight is 297 g/mol. The van der Waals surface area contributed by atoms with Gasteiger partial charge in [-0.3, -0.25) is 4.79 Å². The number of carbonyl (C=O) groups is 1. The van der Waals surface area contributed by atoms with E-state index in [1.165, 1.54) is 10.4 Å². The van der Waals surface area contributed by atoms with Gasteiger partial charge in [0.2, 0.25) is 15.9 Å². The van der Waals surface area contributed by atoms with E-state index in [0.717, 1.165) is 0 Å². The van der Waals surface area contributed by atoms with Gasteiger partial charge in [0.15, 0.2) is 0 Å². The maximum atomic E-state index is 12.6. The fourth-order valence-electron chi connectivity index (χ4n) is 2.43. The third-order valence-corrected chi connectivity index (χ3v) is 5.86. The molecule has 4 N–H and O–H groups in total. The van der Waals surface area contributed by atoms with E-state index < -0.39 is 21.3 Å². The molecule has 0 aromatic heterocycles. The first-order valence-electron chi connectivity index (χ1n) is 6.33. The summed E-state index contributed by atoms with van der Waals surface area (Å²) >= 11 is 0. The molecule has 7 heteroatoms. The lowest BCUT2D eigenvalue weighted by Crippen LogP contribution is -2.38. The molecule has 1 aliphatic heterocycles. The number of hydrogen-bond acceptors (Lipinski definition) is 4. The zero-order chi connectivity index (χ0) is 15.1. The maximum absolute atomic E-state index is 12.6. The first-order chi connectivity index (χ1) is 9.17. The van der Waals surface area contributed by atoms with E-state index in [1.807, 2.05) is 0 Å². The Morgan fingerprint density at radius 1 is 1.40 bits per heavy atom. The van der Waals surface area contributed by atoms with Gasteiger partial charge in [0.25, 0.3) is 0 Å². The number of aryl methyl sites for hydroxylation is 1. The Kier molecular flexibility index (Phi) is 3.51. The van der Waals surface area contributed by atoms with E-state index in [1.54, 1.807) is 26.0 Å². The Balaban J connectivity index is 2.35. The van der Waals surface area contributed by atoms with Crippen molar-refractivity contribution < 1.29 is 13.2 Å². The molecule has 1 heterocycles. The number of primary amides is 1. The van der Waals surface area contributed by atoms with Crippen molar-refractivity contribution in [3.63, 3.8) is 0 Å². The lowest BCUT2D eigenvalue weighted by Gasteiger charge is -2.21. The fraction of sp³-hybridized carbons (Fsp3) is 0.462. The number of nitrogens with zero attached hydrogens (tertiary/aromatic N) is 1. The lowest BCUT2D eigenvalue weighted by molar-refractivity contribution is -0.126. The van der Waals surface area contributed by atoms with Crippen LogP contribution in [-0.2, 0) is 14.8 Å². The van der Waals surface area contributed by atoms with Gasteiger partial charge in [-0.15, -0.1) is 0 Å². The molecule has 1 atom stereocenters. The average Bonchev–Trinajstić information content (AvgIpc) is 2.73. The monoisotopic (exact) mass is 297 g/mol. The normalized spacial score (nSPS) is 23.9. The number of nitrogens with two attached hydrogens (primary N) is 2. The molecule has 0 radical (unpaired) electrons. The topological polar surface area (TPSA) is 106 Å². The van der Waals surface area contributed by atoms with Crippen molar-refractivity contribution in [3.8, 4) is 0 Å². The van der Waals surface area contributed by atoms with Crippen molar-refractivity contribution in [2.75, 3.05) is 18.8 Å². The van der Waals surface area contributed by atoms with Crippen LogP contribution in [0.4, 0.5) is 5.69 Å². The quantitative estimate of drug-likeness (QED) is 0.790. The fourth-order valence-corrected chi connectivity index (χ4v) is 4.20. The van der Waals surface area contributed by atoms with Crippen molar-refractivity contribution in [3.05, 3.63) is 23.8 Å². The van der Waals surface area contributed by atoms with E-state index in [9.17, 15) is 13.2 Å². The van der Waals surface area contributed by atoms with E-state index in [0.29, 0.717) is 24.2 Å². The van der Waals surface area contributed by atoms with Crippen LogP contribution in [0.3, 0.4) is 0 Å². The molecule has 0 bridgehead atoms. The molecule has 1 aromatic carbocycles. The highest BCUT2D eigenvalue weighted by atomic mass is 32.2. The van der Waals surface area contributed by atoms with Gasteiger partial charge in [-0.05, 0) is 44.0 Å². The van der Waals surface area contributed by atoms with E-state index in [2.05, 4.69) is 0 Å². The molecule has 1 fully saturated rings. The Hall–Kier alpha value is -1.60. The molecular formula is C13H19N3O3S. The largest absolute Gasteiger partial charge is 0.399 e. The van der Waals surface area contributed by atoms with Gasteiger partial charge in [-0.25, -0.2) is 8.42 Å². The first-order valence-corrected chi connectivity index (χ1v) is 7.77. The standard InChI is InChI=1S/C13H19N3O3S/c1-9-7-10(14)3-4-11(9)20(18,19)16-6-5-13(2,8-16)12(15)17/h3-4,7H,5-6,8,14H2,1-2H3,(H2,15,17). The molecule has 0 spiro atoms. The molecule has 1 aromatic rings. The number of anilines is 1. The van der Waals surface area contributed by atoms with Crippen LogP contribution in [0.2, 0.25) is 0 Å². The smallest absolute Gasteiger partial charge is 0.243 e. The Morgan fingerprint density at radius 3 is 2.55 bits per heavy atom. The van der Waals surface area contributed by atoms with Crippen LogP contribution in [-0.4, -0.2) is 31.7 Å². The van der Waals surface area contributed by atoms with E-state index >= 15 is 0 Å². The number of amides is 1. The van der Waals surface area contributed by atoms with Crippen molar-refractivity contribution in [2.24, 2.45) is 11.1 Å². The molecule has 20 heavy (non-hydrogen) atoms. The Labute approximate surface area is 118 Å². The minimum absolute atomic E-state index is 0.120. The Morgan fingerprint density at radius 2 is 2.05 bits per heavy atom. The summed E-state index contributed by atoms with van der Waals surface area (Å²) in [6.45, 7) is 3.81. The van der Waals surface area contributed by atoms with Crippen molar-refractivity contribution in [1.29, 1.82) is 0 Å². The molecule has 0 saturated carbocycles. The summed E-state index contributed by atoms with van der Waals surface area (Å²) in [5.41, 5.74) is 11.3. The van der Waals surface area contributed by atoms with Crippen LogP contribution < -0.4 is 11.5 Å². The number of rotatable bonds is 3. The predicted octanol–water partition coefficient (Wildman–Crippen LogP) is 0.463. The third-order valence-electron chi connectivity index (χ3n) is 3.85. The van der Waals surface area contributed by atoms with E-state index in [4.69, 9.17) is 11.5 Å². The van der Waals surface area contributed by atoms with Crippen LogP contribution in [0.1, 0.15) is 18.9 Å². The van der Waals surface area contributed by atoms with Crippen LogP contribution in [0.5, 0.6) is 0 Å². The predicted molar refractivity (Wildman–Crippen MR) is 76.3 cm³/mol. The van der Waals surface area contributed by atoms with Gasteiger partial charge in [-0.1, -0.05) is 0 Å². The van der Waals surface area contributed by atoms with Crippen LogP contribution in [0, 0.1) is 12.3 Å². The lowest BCUT2D eigenvalue weighted by atomic mass is 9.89. The van der Waals surface area contributed by atoms with Gasteiger partial charge in [0.1, 0.15) is 0 Å². The third kappa shape index (κ3) is 2.38. The van der Waals surface area contributed by atoms with Crippen molar-refractivity contribution >= 4 is 21.6 Å². The highest BCUT2D eigenvalue weighted by Crippen LogP contribution is 2.34. The summed E-state index contributed by atoms with van der Waals surface area (Å²) in [5.74, 6) is -0.468. The van der Waals surface area contributed by atoms with Gasteiger partial charge in [0.05, 0.1) is 10.3 Å². The zero-order valence-corrected chi connectivity index (χ0v) is 12.4. The highest BCUT2D eigenvalue weighted by Gasteiger charge is 2.43. The SMILES string of the molecule is Cc1cc(N)ccc1S(=O)(=O)N1CCC(C)(C(N)=O)C1. The van der Waals surface area contributed by atoms with Crippen molar-refractivity contribution in [2.45, 2.75) is 25.2 Å². The second kappa shape index (κ2) is 4.75. The Bertz CT molecular complexity index is 657. The number of hydrogen-bond donors (Lipinski definition) is 2. The summed E-state index contributed by atoms with van der Waals surface area (Å²) in [4.78, 5) is 11.7. The summed E-state index contributed by atoms with van der Waals surface area (Å²) in [6, 6.07) is 4.68. The molecule has 1 aliphatic rings. The molecule has 1 unspecified atom stereocenters. The molecule has 1 amide bonds. The highest BCUT2D eigenvalue weighted by molar-refractivity contribution is 7.89. The number of nitrogen functional groups attached to an aromatic ring is 1. The maximum Gasteiger partial charge on any atom is 0.243 e. The number of carbonyl (C=O) groups excluding carboxylic acids is 1. The number of sulfonamides is 1. The van der Waals surface area contributed by atoms with Gasteiger partial charge >= 0.3 is 0 Å². The van der Waals surface area contributed by atoms with Gasteiger partial charge < -0.3 is 11.5 Å². The van der Waals surface area contributed by atoms with Gasteiger partial charge in [0, 0.05) is 18.8 Å². The van der Waals surface area contributed by atoms with E-state index in [-0.39, 0.29) is 11.4 Å². The summed E-state index contributed by atoms with van der Waals surface area (Å²) < 4.78 is 26.5. The summed E-state index contributed by atoms with van der Waals surface area (Å²) in [6.07, 6.45) is 0.440. The minimum Gasteiger partial charge on any atom is -0.399 e. The second-order valence-electron chi connectivity index (χ2n) is 5.54. The molecule has 0 aliphatic carbocycles.